The van der Waals surface area contributed by atoms with Gasteiger partial charge in [0.25, 0.3) is 11.6 Å². The van der Waals surface area contributed by atoms with Gasteiger partial charge in [0.2, 0.25) is 0 Å². The maximum absolute atomic E-state index is 13.3. The molecule has 0 spiro atoms. The minimum absolute atomic E-state index is 0. The highest BCUT2D eigenvalue weighted by Crippen LogP contribution is 2.26. The quantitative estimate of drug-likeness (QED) is 0.351. The second kappa shape index (κ2) is 12.3. The van der Waals surface area contributed by atoms with E-state index in [1.807, 2.05) is 0 Å². The van der Waals surface area contributed by atoms with Crippen LogP contribution in [-0.2, 0) is 0 Å². The number of nitro groups is 1. The van der Waals surface area contributed by atoms with E-state index in [1.54, 1.807) is 0 Å². The lowest BCUT2D eigenvalue weighted by Gasteiger charge is -2.19. The van der Waals surface area contributed by atoms with Crippen molar-refractivity contribution in [2.24, 2.45) is 0 Å². The van der Waals surface area contributed by atoms with Gasteiger partial charge < -0.3 is 27.9 Å². The van der Waals surface area contributed by atoms with Crippen molar-refractivity contribution in [1.82, 2.24) is 4.90 Å². The Hall–Kier alpha value is -2.78. The van der Waals surface area contributed by atoms with Crippen LogP contribution in [0.3, 0.4) is 0 Å². The monoisotopic (exact) mass is 467 g/mol. The van der Waals surface area contributed by atoms with Gasteiger partial charge in [-0.25, -0.2) is 8.78 Å². The van der Waals surface area contributed by atoms with Crippen LogP contribution in [0.4, 0.5) is 25.8 Å². The number of hydrogen-bond donors (Lipinski definition) is 2. The van der Waals surface area contributed by atoms with Gasteiger partial charge >= 0.3 is 0 Å². The molecule has 1 aliphatic rings. The van der Waals surface area contributed by atoms with Crippen LogP contribution in [0.1, 0.15) is 42.5 Å². The topological polar surface area (TPSA) is 87.5 Å². The number of benzene rings is 2. The predicted molar refractivity (Wildman–Crippen MR) is 115 cm³/mol. The summed E-state index contributed by atoms with van der Waals surface area (Å²) in [5, 5.41) is 16.9. The smallest absolute Gasteiger partial charge is 0.293 e. The molecule has 0 bridgehead atoms. The largest absolute Gasteiger partial charge is 1.00 e. The van der Waals surface area contributed by atoms with Crippen LogP contribution in [-0.4, -0.2) is 41.9 Å². The molecule has 0 saturated carbocycles. The minimum atomic E-state index is -0.832. The van der Waals surface area contributed by atoms with E-state index < -0.39 is 22.5 Å². The van der Waals surface area contributed by atoms with Crippen molar-refractivity contribution in [1.29, 1.82) is 0 Å². The summed E-state index contributed by atoms with van der Waals surface area (Å²) in [4.78, 5) is 25.7. The van der Waals surface area contributed by atoms with Gasteiger partial charge in [-0.15, -0.1) is 0 Å². The molecule has 0 atom stereocenters. The Labute approximate surface area is 191 Å². The Morgan fingerprint density at radius 3 is 2.31 bits per heavy atom. The second-order valence-corrected chi connectivity index (χ2v) is 7.64. The van der Waals surface area contributed by atoms with Crippen LogP contribution in [0, 0.1) is 21.7 Å². The van der Waals surface area contributed by atoms with Crippen molar-refractivity contribution in [3.05, 3.63) is 63.7 Å². The zero-order chi connectivity index (χ0) is 22.2. The first-order valence-corrected chi connectivity index (χ1v) is 10.4. The third-order valence-corrected chi connectivity index (χ3v) is 5.24. The Morgan fingerprint density at radius 1 is 1.03 bits per heavy atom. The van der Waals surface area contributed by atoms with E-state index in [1.165, 1.54) is 37.8 Å². The van der Waals surface area contributed by atoms with Crippen LogP contribution in [0.25, 0.3) is 0 Å². The van der Waals surface area contributed by atoms with E-state index >= 15 is 0 Å². The molecule has 174 valence electrons. The van der Waals surface area contributed by atoms with Crippen molar-refractivity contribution >= 4 is 23.0 Å². The van der Waals surface area contributed by atoms with Crippen LogP contribution >= 0.6 is 0 Å². The van der Waals surface area contributed by atoms with Gasteiger partial charge in [-0.1, -0.05) is 12.8 Å². The fraction of sp³-hybridized carbons (Fsp3) is 0.409. The molecule has 7 nitrogen and oxygen atoms in total. The molecule has 0 unspecified atom stereocenters. The van der Waals surface area contributed by atoms with Crippen molar-refractivity contribution in [2.45, 2.75) is 32.1 Å². The van der Waals surface area contributed by atoms with Gasteiger partial charge in [0.15, 0.2) is 0 Å². The highest BCUT2D eigenvalue weighted by Gasteiger charge is 2.18. The molecular weight excluding hydrogens is 442 g/mol. The Bertz CT molecular complexity index is 917. The fourth-order valence-electron chi connectivity index (χ4n) is 3.69. The molecule has 2 aromatic rings. The van der Waals surface area contributed by atoms with Gasteiger partial charge in [0.1, 0.15) is 17.3 Å². The lowest BCUT2D eigenvalue weighted by atomic mass is 10.1. The number of amides is 1. The number of nitro benzene ring substituents is 1. The van der Waals surface area contributed by atoms with Crippen molar-refractivity contribution in [3.63, 3.8) is 0 Å². The molecule has 1 amide bonds. The second-order valence-electron chi connectivity index (χ2n) is 7.64. The molecule has 0 radical (unpaired) electrons. The van der Waals surface area contributed by atoms with Gasteiger partial charge in [-0.2, -0.15) is 0 Å². The number of hydrogen-bond acceptors (Lipinski definition) is 5. The Kier molecular flexibility index (Phi) is 9.80. The average Bonchev–Trinajstić information content (AvgIpc) is 2.99. The molecule has 1 aliphatic heterocycles. The van der Waals surface area contributed by atoms with Crippen LogP contribution in [0.15, 0.2) is 36.4 Å². The summed E-state index contributed by atoms with van der Waals surface area (Å²) in [5.74, 6) is -2.36. The average molecular weight is 468 g/mol. The first-order valence-electron chi connectivity index (χ1n) is 10.4. The number of nitrogens with zero attached hydrogens (tertiary/aromatic N) is 2. The molecular formula is C22H26ClF2N4O3-. The lowest BCUT2D eigenvalue weighted by Crippen LogP contribution is -3.00. The summed E-state index contributed by atoms with van der Waals surface area (Å²) in [5.41, 5.74) is 0.0504. The first kappa shape index (κ1) is 25.5. The standard InChI is InChI=1S/C22H26F2N4O3.ClH/c23-17-13-18(24)15-19(14-17)26-22(29)16-6-7-20(21(12-16)28(30)31)25-8-5-11-27-9-3-1-2-4-10-27;/h6-7,12-15,25H,1-5,8-11H2,(H,26,29);1H/p-1. The highest BCUT2D eigenvalue weighted by atomic mass is 35.5. The molecule has 10 heteroatoms. The summed E-state index contributed by atoms with van der Waals surface area (Å²) < 4.78 is 26.6. The molecule has 0 aliphatic carbocycles. The lowest BCUT2D eigenvalue weighted by molar-refractivity contribution is -0.384. The van der Waals surface area contributed by atoms with Crippen LogP contribution in [0.5, 0.6) is 0 Å². The highest BCUT2D eigenvalue weighted by molar-refractivity contribution is 6.05. The number of nitrogens with one attached hydrogen (secondary N) is 2. The van der Waals surface area contributed by atoms with E-state index in [9.17, 15) is 23.7 Å². The SMILES string of the molecule is O=C(Nc1cc(F)cc(F)c1)c1ccc(NCCCN2CCCCCC2)c([N+](=O)[O-])c1.[Cl-]. The number of rotatable bonds is 8. The third kappa shape index (κ3) is 7.42. The summed E-state index contributed by atoms with van der Waals surface area (Å²) in [6.45, 7) is 3.70. The van der Waals surface area contributed by atoms with Gasteiger partial charge in [-0.05, 0) is 63.2 Å². The molecule has 1 heterocycles. The zero-order valence-corrected chi connectivity index (χ0v) is 18.3. The summed E-state index contributed by atoms with van der Waals surface area (Å²) in [6, 6.07) is 6.70. The van der Waals surface area contributed by atoms with E-state index in [4.69, 9.17) is 0 Å². The van der Waals surface area contributed by atoms with Gasteiger partial charge in [0, 0.05) is 29.9 Å². The first-order chi connectivity index (χ1) is 14.9. The molecule has 3 rings (SSSR count). The van der Waals surface area contributed by atoms with Crippen LogP contribution < -0.4 is 23.0 Å². The minimum Gasteiger partial charge on any atom is -1.00 e. The molecule has 32 heavy (non-hydrogen) atoms. The fourth-order valence-corrected chi connectivity index (χ4v) is 3.69. The normalized spacial score (nSPS) is 14.2. The number of anilines is 2. The summed E-state index contributed by atoms with van der Waals surface area (Å²) >= 11 is 0. The summed E-state index contributed by atoms with van der Waals surface area (Å²) in [7, 11) is 0. The van der Waals surface area contributed by atoms with Gasteiger partial charge in [-0.3, -0.25) is 14.9 Å². The number of halogens is 3. The number of carbonyl (C=O) groups is 1. The third-order valence-electron chi connectivity index (χ3n) is 5.24. The van der Waals surface area contributed by atoms with E-state index in [0.29, 0.717) is 18.3 Å². The maximum Gasteiger partial charge on any atom is 0.293 e. The Balaban J connectivity index is 0.00000363. The maximum atomic E-state index is 13.3. The molecule has 0 aromatic heterocycles. The van der Waals surface area contributed by atoms with Crippen molar-refractivity contribution in [3.8, 4) is 0 Å². The van der Waals surface area contributed by atoms with Crippen LogP contribution in [0.2, 0.25) is 0 Å². The molecule has 1 fully saturated rings. The summed E-state index contributed by atoms with van der Waals surface area (Å²) in [6.07, 6.45) is 5.82. The zero-order valence-electron chi connectivity index (χ0n) is 17.6. The van der Waals surface area contributed by atoms with E-state index in [0.717, 1.165) is 44.3 Å². The van der Waals surface area contributed by atoms with Crippen molar-refractivity contribution in [2.75, 3.05) is 36.8 Å². The molecule has 1 saturated heterocycles. The number of carbonyl (C=O) groups excluding carboxylic acids is 1. The molecule has 2 N–H and O–H groups in total. The predicted octanol–water partition coefficient (Wildman–Crippen LogP) is 1.81. The van der Waals surface area contributed by atoms with E-state index in [-0.39, 0.29) is 29.3 Å². The van der Waals surface area contributed by atoms with Crippen molar-refractivity contribution < 1.29 is 30.9 Å². The van der Waals surface area contributed by atoms with E-state index in [2.05, 4.69) is 15.5 Å². The van der Waals surface area contributed by atoms with Gasteiger partial charge in [0.05, 0.1) is 4.92 Å². The molecule has 2 aromatic carbocycles. The number of likely N-dealkylation sites (tertiary alicyclic amines) is 1. The Morgan fingerprint density at radius 2 is 1.69 bits per heavy atom.